The van der Waals surface area contributed by atoms with Gasteiger partial charge in [0.1, 0.15) is 5.82 Å². The molecular weight excluding hydrogens is 391 g/mol. The first-order valence-electron chi connectivity index (χ1n) is 7.79. The lowest BCUT2D eigenvalue weighted by Crippen LogP contribution is -2.15. The van der Waals surface area contributed by atoms with E-state index in [-0.39, 0.29) is 10.7 Å². The standard InChI is InChI=1S/C19H16Cl2N2O2S/c1-12-13(2)19(22-11-17(12)16-8-3-4-9-18(16)21)23-26(24,25)15-7-5-6-14(20)10-15/h3-11H,1-2H3,(H,22,23). The van der Waals surface area contributed by atoms with Gasteiger partial charge in [0.2, 0.25) is 0 Å². The maximum absolute atomic E-state index is 12.6. The van der Waals surface area contributed by atoms with Crippen molar-refractivity contribution in [3.8, 4) is 11.1 Å². The minimum Gasteiger partial charge on any atom is -0.263 e. The average molecular weight is 407 g/mol. The van der Waals surface area contributed by atoms with E-state index in [0.717, 1.165) is 22.3 Å². The molecule has 0 bridgehead atoms. The molecule has 0 saturated heterocycles. The van der Waals surface area contributed by atoms with Crippen molar-refractivity contribution in [2.45, 2.75) is 18.7 Å². The molecule has 0 aliphatic rings. The molecule has 1 aromatic heterocycles. The first kappa shape index (κ1) is 18.7. The van der Waals surface area contributed by atoms with E-state index in [9.17, 15) is 8.42 Å². The molecule has 0 unspecified atom stereocenters. The van der Waals surface area contributed by atoms with Crippen molar-refractivity contribution in [3.05, 3.63) is 75.9 Å². The lowest BCUT2D eigenvalue weighted by Gasteiger charge is -2.15. The maximum atomic E-state index is 12.6. The number of hydrogen-bond acceptors (Lipinski definition) is 3. The Morgan fingerprint density at radius 2 is 1.65 bits per heavy atom. The normalized spacial score (nSPS) is 11.4. The predicted molar refractivity (Wildman–Crippen MR) is 106 cm³/mol. The SMILES string of the molecule is Cc1c(-c2ccccc2Cl)cnc(NS(=O)(=O)c2cccc(Cl)c2)c1C. The molecule has 2 aromatic carbocycles. The summed E-state index contributed by atoms with van der Waals surface area (Å²) >= 11 is 12.2. The zero-order valence-electron chi connectivity index (χ0n) is 14.1. The van der Waals surface area contributed by atoms with Gasteiger partial charge in [-0.3, -0.25) is 4.72 Å². The second-order valence-corrected chi connectivity index (χ2v) is 8.34. The fraction of sp³-hybridized carbons (Fsp3) is 0.105. The topological polar surface area (TPSA) is 59.1 Å². The van der Waals surface area contributed by atoms with Crippen LogP contribution in [0.25, 0.3) is 11.1 Å². The van der Waals surface area contributed by atoms with E-state index < -0.39 is 10.0 Å². The number of halogens is 2. The largest absolute Gasteiger partial charge is 0.263 e. The van der Waals surface area contributed by atoms with Gasteiger partial charge in [-0.05, 0) is 49.2 Å². The van der Waals surface area contributed by atoms with Crippen molar-refractivity contribution in [1.29, 1.82) is 0 Å². The molecule has 0 fully saturated rings. The molecule has 3 rings (SSSR count). The molecule has 0 spiro atoms. The maximum Gasteiger partial charge on any atom is 0.263 e. The van der Waals surface area contributed by atoms with E-state index in [4.69, 9.17) is 23.2 Å². The third kappa shape index (κ3) is 3.70. The van der Waals surface area contributed by atoms with Crippen LogP contribution >= 0.6 is 23.2 Å². The molecule has 0 amide bonds. The van der Waals surface area contributed by atoms with Crippen molar-refractivity contribution >= 4 is 39.0 Å². The van der Waals surface area contributed by atoms with Crippen LogP contribution in [0.15, 0.2) is 59.6 Å². The van der Waals surface area contributed by atoms with Crippen molar-refractivity contribution in [2.24, 2.45) is 0 Å². The Bertz CT molecular complexity index is 1080. The Balaban J connectivity index is 2.00. The van der Waals surface area contributed by atoms with Crippen LogP contribution in [0.3, 0.4) is 0 Å². The molecule has 26 heavy (non-hydrogen) atoms. The number of aromatic nitrogens is 1. The van der Waals surface area contributed by atoms with Crippen LogP contribution in [-0.2, 0) is 10.0 Å². The zero-order chi connectivity index (χ0) is 18.9. The van der Waals surface area contributed by atoms with Crippen LogP contribution in [0.2, 0.25) is 10.0 Å². The van der Waals surface area contributed by atoms with E-state index in [1.54, 1.807) is 24.4 Å². The summed E-state index contributed by atoms with van der Waals surface area (Å²) in [6.45, 7) is 3.73. The number of nitrogens with zero attached hydrogens (tertiary/aromatic N) is 1. The summed E-state index contributed by atoms with van der Waals surface area (Å²) in [4.78, 5) is 4.39. The number of rotatable bonds is 4. The molecule has 0 saturated carbocycles. The van der Waals surface area contributed by atoms with Gasteiger partial charge in [0.15, 0.2) is 0 Å². The highest BCUT2D eigenvalue weighted by Gasteiger charge is 2.18. The van der Waals surface area contributed by atoms with Crippen molar-refractivity contribution in [1.82, 2.24) is 4.98 Å². The van der Waals surface area contributed by atoms with Crippen molar-refractivity contribution in [3.63, 3.8) is 0 Å². The van der Waals surface area contributed by atoms with E-state index >= 15 is 0 Å². The molecule has 0 aliphatic heterocycles. The Kier molecular flexibility index (Phi) is 5.23. The fourth-order valence-corrected chi connectivity index (χ4v) is 4.19. The van der Waals surface area contributed by atoms with Crippen molar-refractivity contribution < 1.29 is 8.42 Å². The number of anilines is 1. The number of sulfonamides is 1. The van der Waals surface area contributed by atoms with Gasteiger partial charge < -0.3 is 0 Å². The summed E-state index contributed by atoms with van der Waals surface area (Å²) < 4.78 is 27.7. The highest BCUT2D eigenvalue weighted by molar-refractivity contribution is 7.92. The van der Waals surface area contributed by atoms with Gasteiger partial charge in [-0.25, -0.2) is 13.4 Å². The Morgan fingerprint density at radius 1 is 0.923 bits per heavy atom. The van der Waals surface area contributed by atoms with Gasteiger partial charge in [-0.1, -0.05) is 47.5 Å². The Morgan fingerprint density at radius 3 is 2.35 bits per heavy atom. The first-order valence-corrected chi connectivity index (χ1v) is 10.0. The molecule has 1 N–H and O–H groups in total. The van der Waals surface area contributed by atoms with E-state index in [2.05, 4.69) is 9.71 Å². The van der Waals surface area contributed by atoms with Gasteiger partial charge in [-0.2, -0.15) is 0 Å². The summed E-state index contributed by atoms with van der Waals surface area (Å²) in [5.41, 5.74) is 3.34. The summed E-state index contributed by atoms with van der Waals surface area (Å²) in [5.74, 6) is 0.276. The molecule has 0 atom stereocenters. The summed E-state index contributed by atoms with van der Waals surface area (Å²) in [5, 5.41) is 0.965. The highest BCUT2D eigenvalue weighted by atomic mass is 35.5. The highest BCUT2D eigenvalue weighted by Crippen LogP contribution is 2.33. The molecule has 134 valence electrons. The molecule has 4 nitrogen and oxygen atoms in total. The quantitative estimate of drug-likeness (QED) is 0.624. The van der Waals surface area contributed by atoms with Crippen LogP contribution in [-0.4, -0.2) is 13.4 Å². The van der Waals surface area contributed by atoms with Gasteiger partial charge in [0, 0.05) is 27.4 Å². The van der Waals surface area contributed by atoms with E-state index in [0.29, 0.717) is 10.0 Å². The predicted octanol–water partition coefficient (Wildman–Crippen LogP) is 5.47. The number of pyridine rings is 1. The molecule has 0 radical (unpaired) electrons. The van der Waals surface area contributed by atoms with Gasteiger partial charge in [0.25, 0.3) is 10.0 Å². The van der Waals surface area contributed by atoms with Gasteiger partial charge in [-0.15, -0.1) is 0 Å². The van der Waals surface area contributed by atoms with E-state index in [1.165, 1.54) is 12.1 Å². The van der Waals surface area contributed by atoms with Gasteiger partial charge in [0.05, 0.1) is 4.90 Å². The minimum absolute atomic E-state index is 0.0824. The summed E-state index contributed by atoms with van der Waals surface area (Å²) in [6, 6.07) is 13.5. The number of nitrogens with one attached hydrogen (secondary N) is 1. The summed E-state index contributed by atoms with van der Waals surface area (Å²) in [6.07, 6.45) is 1.62. The van der Waals surface area contributed by atoms with Crippen LogP contribution in [0.1, 0.15) is 11.1 Å². The average Bonchev–Trinajstić information content (AvgIpc) is 2.60. The van der Waals surface area contributed by atoms with Gasteiger partial charge >= 0.3 is 0 Å². The number of benzene rings is 2. The van der Waals surface area contributed by atoms with Crippen LogP contribution in [0.4, 0.5) is 5.82 Å². The number of hydrogen-bond donors (Lipinski definition) is 1. The molecular formula is C19H16Cl2N2O2S. The molecule has 1 heterocycles. The van der Waals surface area contributed by atoms with Crippen LogP contribution in [0, 0.1) is 13.8 Å². The zero-order valence-corrected chi connectivity index (χ0v) is 16.5. The minimum atomic E-state index is -3.78. The lowest BCUT2D eigenvalue weighted by molar-refractivity contribution is 0.601. The third-order valence-electron chi connectivity index (χ3n) is 4.15. The third-order valence-corrected chi connectivity index (χ3v) is 6.05. The molecule has 0 aliphatic carbocycles. The van der Waals surface area contributed by atoms with E-state index in [1.807, 2.05) is 32.0 Å². The molecule has 3 aromatic rings. The lowest BCUT2D eigenvalue weighted by atomic mass is 9.99. The van der Waals surface area contributed by atoms with Crippen LogP contribution < -0.4 is 4.72 Å². The second-order valence-electron chi connectivity index (χ2n) is 5.81. The monoisotopic (exact) mass is 406 g/mol. The molecule has 7 heteroatoms. The van der Waals surface area contributed by atoms with Crippen LogP contribution in [0.5, 0.6) is 0 Å². The van der Waals surface area contributed by atoms with Crippen molar-refractivity contribution in [2.75, 3.05) is 4.72 Å². The second kappa shape index (κ2) is 7.27. The smallest absolute Gasteiger partial charge is 0.263 e. The first-order chi connectivity index (χ1) is 12.3. The summed E-state index contributed by atoms with van der Waals surface area (Å²) in [7, 11) is -3.78. The Hall–Kier alpha value is -2.08. The fourth-order valence-electron chi connectivity index (χ4n) is 2.58. The Labute approximate surface area is 162 Å².